The normalized spacial score (nSPS) is 11.0. The molecule has 27 heavy (non-hydrogen) atoms. The highest BCUT2D eigenvalue weighted by atomic mass is 19.1. The molecule has 4 rings (SSSR count). The second-order valence-electron chi connectivity index (χ2n) is 6.00. The third kappa shape index (κ3) is 3.13. The summed E-state index contributed by atoms with van der Waals surface area (Å²) in [5.74, 6) is -1.89. The lowest BCUT2D eigenvalue weighted by Gasteiger charge is -2.03. The number of para-hydroxylation sites is 1. The lowest BCUT2D eigenvalue weighted by Crippen LogP contribution is -2.09. The molecule has 0 saturated carbocycles. The number of halogens is 1. The summed E-state index contributed by atoms with van der Waals surface area (Å²) >= 11 is 0. The van der Waals surface area contributed by atoms with E-state index in [2.05, 4.69) is 0 Å². The Hall–Kier alpha value is -3.67. The van der Waals surface area contributed by atoms with Crippen LogP contribution in [0, 0.1) is 5.82 Å². The van der Waals surface area contributed by atoms with Crippen molar-refractivity contribution in [3.63, 3.8) is 0 Å². The quantitative estimate of drug-likeness (QED) is 0.553. The fraction of sp³-hybridized carbons (Fsp3) is 0.0476. The number of benzene rings is 2. The van der Waals surface area contributed by atoms with Crippen LogP contribution in [-0.2, 0) is 6.42 Å². The fourth-order valence-corrected chi connectivity index (χ4v) is 2.80. The zero-order chi connectivity index (χ0) is 19.0. The van der Waals surface area contributed by atoms with Crippen LogP contribution in [0.4, 0.5) is 4.39 Å². The third-order valence-corrected chi connectivity index (χ3v) is 4.16. The van der Waals surface area contributed by atoms with Crippen molar-refractivity contribution >= 4 is 16.8 Å². The average molecular weight is 364 g/mol. The largest absolute Gasteiger partial charge is 0.501 e. The molecule has 0 aliphatic rings. The molecule has 4 aromatic rings. The van der Waals surface area contributed by atoms with Crippen LogP contribution in [0.5, 0.6) is 5.75 Å². The minimum atomic E-state index is -0.754. The third-order valence-electron chi connectivity index (χ3n) is 4.16. The van der Waals surface area contributed by atoms with Crippen molar-refractivity contribution < 1.29 is 23.1 Å². The average Bonchev–Trinajstić information content (AvgIpc) is 3.14. The second-order valence-corrected chi connectivity index (χ2v) is 6.00. The molecule has 0 fully saturated rings. The standard InChI is InChI=1S/C21H13FO5/c22-13-7-5-12(6-8-13)11-14-9-10-17(26-14)19(24)21-20(25)18(23)15-3-1-2-4-16(15)27-21/h1-10,25H,11H2. The van der Waals surface area contributed by atoms with Gasteiger partial charge in [-0.3, -0.25) is 9.59 Å². The maximum absolute atomic E-state index is 13.0. The number of hydrogen-bond donors (Lipinski definition) is 1. The first-order chi connectivity index (χ1) is 13.0. The van der Waals surface area contributed by atoms with E-state index in [1.807, 2.05) is 0 Å². The van der Waals surface area contributed by atoms with Gasteiger partial charge in [0, 0.05) is 6.42 Å². The summed E-state index contributed by atoms with van der Waals surface area (Å²) in [6.45, 7) is 0. The minimum Gasteiger partial charge on any atom is -0.501 e. The van der Waals surface area contributed by atoms with Crippen molar-refractivity contribution in [1.29, 1.82) is 0 Å². The Labute approximate surface area is 152 Å². The van der Waals surface area contributed by atoms with Crippen LogP contribution in [0.1, 0.15) is 27.6 Å². The van der Waals surface area contributed by atoms with Crippen molar-refractivity contribution in [2.24, 2.45) is 0 Å². The van der Waals surface area contributed by atoms with Crippen LogP contribution in [0.2, 0.25) is 0 Å². The number of furan rings is 1. The van der Waals surface area contributed by atoms with Crippen molar-refractivity contribution in [2.45, 2.75) is 6.42 Å². The van der Waals surface area contributed by atoms with Gasteiger partial charge < -0.3 is 13.9 Å². The summed E-state index contributed by atoms with van der Waals surface area (Å²) in [4.78, 5) is 24.9. The van der Waals surface area contributed by atoms with Crippen LogP contribution < -0.4 is 5.43 Å². The molecule has 2 aromatic heterocycles. The van der Waals surface area contributed by atoms with Gasteiger partial charge in [-0.2, -0.15) is 0 Å². The van der Waals surface area contributed by atoms with Gasteiger partial charge in [-0.05, 0) is 42.0 Å². The van der Waals surface area contributed by atoms with Crippen LogP contribution >= 0.6 is 0 Å². The summed E-state index contributed by atoms with van der Waals surface area (Å²) in [7, 11) is 0. The van der Waals surface area contributed by atoms with Gasteiger partial charge in [0.1, 0.15) is 17.2 Å². The van der Waals surface area contributed by atoms with Crippen molar-refractivity contribution in [3.8, 4) is 5.75 Å². The number of aromatic hydroxyl groups is 1. The number of ketones is 1. The van der Waals surface area contributed by atoms with E-state index in [-0.39, 0.29) is 22.5 Å². The molecule has 0 spiro atoms. The second kappa shape index (κ2) is 6.57. The van der Waals surface area contributed by atoms with Gasteiger partial charge in [0.25, 0.3) is 5.78 Å². The Morgan fingerprint density at radius 3 is 2.48 bits per heavy atom. The van der Waals surface area contributed by atoms with E-state index in [1.54, 1.807) is 30.3 Å². The lowest BCUT2D eigenvalue weighted by molar-refractivity contribution is 0.0977. The zero-order valence-electron chi connectivity index (χ0n) is 13.9. The molecular weight excluding hydrogens is 351 g/mol. The molecule has 0 amide bonds. The van der Waals surface area contributed by atoms with Gasteiger partial charge in [0.2, 0.25) is 16.9 Å². The molecule has 0 aliphatic carbocycles. The molecule has 5 nitrogen and oxygen atoms in total. The van der Waals surface area contributed by atoms with Crippen LogP contribution in [0.15, 0.2) is 74.3 Å². The first-order valence-corrected chi connectivity index (χ1v) is 8.15. The predicted octanol–water partition coefficient (Wildman–Crippen LogP) is 4.05. The molecule has 0 radical (unpaired) electrons. The first-order valence-electron chi connectivity index (χ1n) is 8.15. The van der Waals surface area contributed by atoms with Gasteiger partial charge in [-0.25, -0.2) is 4.39 Å². The maximum atomic E-state index is 13.0. The Kier molecular flexibility index (Phi) is 4.08. The SMILES string of the molecule is O=C(c1ccc(Cc2ccc(F)cc2)o1)c1oc2ccccc2c(=O)c1O. The molecule has 2 heterocycles. The van der Waals surface area contributed by atoms with E-state index in [4.69, 9.17) is 8.83 Å². The van der Waals surface area contributed by atoms with Crippen LogP contribution in [0.3, 0.4) is 0 Å². The molecule has 6 heteroatoms. The molecule has 0 saturated heterocycles. The number of rotatable bonds is 4. The van der Waals surface area contributed by atoms with Gasteiger partial charge in [-0.1, -0.05) is 24.3 Å². The smallest absolute Gasteiger partial charge is 0.267 e. The highest BCUT2D eigenvalue weighted by molar-refractivity contribution is 6.07. The van der Waals surface area contributed by atoms with Crippen LogP contribution in [-0.4, -0.2) is 10.9 Å². The fourth-order valence-electron chi connectivity index (χ4n) is 2.80. The number of carbonyl (C=O) groups is 1. The summed E-state index contributed by atoms with van der Waals surface area (Å²) in [6, 6.07) is 15.3. The van der Waals surface area contributed by atoms with E-state index < -0.39 is 22.7 Å². The molecule has 2 aromatic carbocycles. The predicted molar refractivity (Wildman–Crippen MR) is 95.5 cm³/mol. The molecule has 134 valence electrons. The molecule has 0 bridgehead atoms. The molecular formula is C21H13FO5. The Balaban J connectivity index is 1.67. The number of hydrogen-bond acceptors (Lipinski definition) is 5. The Bertz CT molecular complexity index is 1200. The molecule has 1 N–H and O–H groups in total. The van der Waals surface area contributed by atoms with E-state index in [0.29, 0.717) is 12.2 Å². The number of carbonyl (C=O) groups excluding carboxylic acids is 1. The van der Waals surface area contributed by atoms with Gasteiger partial charge in [0.15, 0.2) is 5.76 Å². The molecule has 0 aliphatic heterocycles. The highest BCUT2D eigenvalue weighted by Gasteiger charge is 2.24. The van der Waals surface area contributed by atoms with Gasteiger partial charge >= 0.3 is 0 Å². The monoisotopic (exact) mass is 364 g/mol. The van der Waals surface area contributed by atoms with Crippen molar-refractivity contribution in [1.82, 2.24) is 0 Å². The number of fused-ring (bicyclic) bond motifs is 1. The molecule has 0 unspecified atom stereocenters. The Morgan fingerprint density at radius 1 is 0.963 bits per heavy atom. The highest BCUT2D eigenvalue weighted by Crippen LogP contribution is 2.24. The van der Waals surface area contributed by atoms with Gasteiger partial charge in [-0.15, -0.1) is 0 Å². The lowest BCUT2D eigenvalue weighted by atomic mass is 10.1. The summed E-state index contributed by atoms with van der Waals surface area (Å²) in [5, 5.41) is 10.3. The van der Waals surface area contributed by atoms with E-state index >= 15 is 0 Å². The maximum Gasteiger partial charge on any atom is 0.267 e. The van der Waals surface area contributed by atoms with E-state index in [9.17, 15) is 19.1 Å². The van der Waals surface area contributed by atoms with Gasteiger partial charge in [0.05, 0.1) is 5.39 Å². The topological polar surface area (TPSA) is 80.7 Å². The minimum absolute atomic E-state index is 0.0687. The summed E-state index contributed by atoms with van der Waals surface area (Å²) in [5.41, 5.74) is 0.324. The summed E-state index contributed by atoms with van der Waals surface area (Å²) < 4.78 is 23.9. The molecule has 0 atom stereocenters. The first kappa shape index (κ1) is 16.8. The van der Waals surface area contributed by atoms with E-state index in [0.717, 1.165) is 5.56 Å². The summed E-state index contributed by atoms with van der Waals surface area (Å²) in [6.07, 6.45) is 0.362. The zero-order valence-corrected chi connectivity index (χ0v) is 13.9. The van der Waals surface area contributed by atoms with Crippen LogP contribution in [0.25, 0.3) is 11.0 Å². The van der Waals surface area contributed by atoms with Crippen molar-refractivity contribution in [2.75, 3.05) is 0 Å². The Morgan fingerprint density at radius 2 is 1.70 bits per heavy atom. The van der Waals surface area contributed by atoms with Crippen molar-refractivity contribution in [3.05, 3.63) is 99.5 Å². The van der Waals surface area contributed by atoms with E-state index in [1.165, 1.54) is 30.3 Å².